The normalized spacial score (nSPS) is 23.3. The molecular weight excluding hydrogens is 731 g/mol. The number of aliphatic hydroxyl groups is 5. The van der Waals surface area contributed by atoms with Crippen molar-refractivity contribution in [3.8, 4) is 0 Å². The molecule has 0 radical (unpaired) electrons. The fraction of sp³-hybridized carbons (Fsp3) is 0.854. The van der Waals surface area contributed by atoms with Crippen molar-refractivity contribution in [1.29, 1.82) is 0 Å². The molecule has 1 fully saturated rings. The summed E-state index contributed by atoms with van der Waals surface area (Å²) < 4.78 is 33.4. The summed E-state index contributed by atoms with van der Waals surface area (Å²) in [4.78, 5) is 35.5. The fourth-order valence-electron chi connectivity index (χ4n) is 6.28. The van der Waals surface area contributed by atoms with Crippen LogP contribution in [0.15, 0.2) is 24.3 Å². The molecule has 8 atom stereocenters. The first kappa shape index (κ1) is 51.3. The second kappa shape index (κ2) is 32.3. The van der Waals surface area contributed by atoms with Crippen LogP contribution in [-0.2, 0) is 32.7 Å². The van der Waals surface area contributed by atoms with Gasteiger partial charge < -0.3 is 39.9 Å². The van der Waals surface area contributed by atoms with Crippen LogP contribution in [0.2, 0.25) is 0 Å². The van der Waals surface area contributed by atoms with Gasteiger partial charge in [0.05, 0.1) is 6.61 Å². The smallest absolute Gasteiger partial charge is 0.462 e. The Balaban J connectivity index is 2.53. The average Bonchev–Trinajstić information content (AvgIpc) is 3.16. The third-order valence-electron chi connectivity index (χ3n) is 9.77. The molecule has 1 saturated carbocycles. The second-order valence-electron chi connectivity index (χ2n) is 14.8. The summed E-state index contributed by atoms with van der Waals surface area (Å²) >= 11 is 0. The van der Waals surface area contributed by atoms with E-state index in [1.54, 1.807) is 0 Å². The van der Waals surface area contributed by atoms with E-state index < -0.39 is 75.7 Å². The number of unbranched alkanes of at least 4 members (excludes halogenated alkanes) is 18. The minimum Gasteiger partial charge on any atom is -0.462 e. The quantitative estimate of drug-likeness (QED) is 0.0164. The summed E-state index contributed by atoms with van der Waals surface area (Å²) in [6.45, 7) is 3.23. The van der Waals surface area contributed by atoms with Crippen LogP contribution in [0.1, 0.15) is 168 Å². The summed E-state index contributed by atoms with van der Waals surface area (Å²) in [6.07, 6.45) is 19.6. The van der Waals surface area contributed by atoms with Gasteiger partial charge in [0, 0.05) is 12.8 Å². The molecule has 0 saturated heterocycles. The van der Waals surface area contributed by atoms with Crippen molar-refractivity contribution in [1.82, 2.24) is 0 Å². The van der Waals surface area contributed by atoms with Gasteiger partial charge in [-0.05, 0) is 64.2 Å². The number of ether oxygens (including phenoxy) is 2. The number of allylic oxidation sites excluding steroid dienone is 4. The zero-order chi connectivity index (χ0) is 40.7. The minimum absolute atomic E-state index is 0.0759. The largest absolute Gasteiger partial charge is 0.472 e. The molecule has 1 aliphatic rings. The van der Waals surface area contributed by atoms with E-state index in [0.717, 1.165) is 64.2 Å². The molecule has 13 nitrogen and oxygen atoms in total. The minimum atomic E-state index is -5.11. The first-order valence-electron chi connectivity index (χ1n) is 21.1. The van der Waals surface area contributed by atoms with Gasteiger partial charge in [0.1, 0.15) is 43.2 Å². The average molecular weight is 807 g/mol. The van der Waals surface area contributed by atoms with E-state index in [9.17, 15) is 44.6 Å². The van der Waals surface area contributed by atoms with Gasteiger partial charge >= 0.3 is 19.8 Å². The van der Waals surface area contributed by atoms with Crippen molar-refractivity contribution in [3.63, 3.8) is 0 Å². The molecule has 0 bridgehead atoms. The Hall–Kier alpha value is -1.67. The van der Waals surface area contributed by atoms with E-state index in [1.165, 1.54) is 64.2 Å². The van der Waals surface area contributed by atoms with Gasteiger partial charge in [-0.15, -0.1) is 0 Å². The molecule has 6 N–H and O–H groups in total. The van der Waals surface area contributed by atoms with Gasteiger partial charge in [0.2, 0.25) is 0 Å². The van der Waals surface area contributed by atoms with E-state index in [2.05, 4.69) is 38.2 Å². The van der Waals surface area contributed by atoms with Gasteiger partial charge in [0.25, 0.3) is 0 Å². The van der Waals surface area contributed by atoms with Crippen molar-refractivity contribution in [2.24, 2.45) is 0 Å². The predicted octanol–water partition coefficient (Wildman–Crippen LogP) is 7.28. The van der Waals surface area contributed by atoms with Crippen LogP contribution < -0.4 is 0 Å². The van der Waals surface area contributed by atoms with Crippen LogP contribution in [0, 0.1) is 0 Å². The Morgan fingerprint density at radius 2 is 0.927 bits per heavy atom. The van der Waals surface area contributed by atoms with Crippen molar-refractivity contribution in [2.75, 3.05) is 13.2 Å². The van der Waals surface area contributed by atoms with Crippen LogP contribution in [-0.4, -0.2) is 98.3 Å². The molecule has 14 heteroatoms. The monoisotopic (exact) mass is 806 g/mol. The van der Waals surface area contributed by atoms with Crippen LogP contribution in [0.4, 0.5) is 0 Å². The lowest BCUT2D eigenvalue weighted by Gasteiger charge is -2.41. The maximum atomic E-state index is 12.8. The molecule has 0 aromatic carbocycles. The van der Waals surface area contributed by atoms with E-state index in [4.69, 9.17) is 18.5 Å². The lowest BCUT2D eigenvalue weighted by atomic mass is 9.85. The van der Waals surface area contributed by atoms with Gasteiger partial charge in [-0.3, -0.25) is 18.6 Å². The number of phosphoric ester groups is 1. The van der Waals surface area contributed by atoms with Crippen molar-refractivity contribution < 1.29 is 63.1 Å². The SMILES string of the molecule is CCCCCC/C=C/CCCCCCCC(=O)OC[C@H](COP(=O)(O)OC1C(O)C(O)C(O)[C@@H](O)C1O)OC(=O)CCCCC/C=C/CCCCCCCC. The summed E-state index contributed by atoms with van der Waals surface area (Å²) in [5.74, 6) is -1.13. The number of esters is 2. The highest BCUT2D eigenvalue weighted by Gasteiger charge is 2.51. The van der Waals surface area contributed by atoms with E-state index in [1.807, 2.05) is 0 Å². The number of aliphatic hydroxyl groups excluding tert-OH is 5. The zero-order valence-electron chi connectivity index (χ0n) is 33.7. The van der Waals surface area contributed by atoms with Crippen molar-refractivity contribution >= 4 is 19.8 Å². The number of phosphoric acid groups is 1. The molecule has 1 rings (SSSR count). The van der Waals surface area contributed by atoms with E-state index in [0.29, 0.717) is 12.8 Å². The molecule has 0 spiro atoms. The number of rotatable bonds is 34. The molecule has 0 heterocycles. The number of carbonyl (C=O) groups excluding carboxylic acids is 2. The lowest BCUT2D eigenvalue weighted by Crippen LogP contribution is -2.64. The van der Waals surface area contributed by atoms with Gasteiger partial charge in [-0.2, -0.15) is 0 Å². The third kappa shape index (κ3) is 25.3. The summed E-state index contributed by atoms with van der Waals surface area (Å²) in [6, 6.07) is 0. The lowest BCUT2D eigenvalue weighted by molar-refractivity contribution is -0.220. The molecule has 1 aliphatic carbocycles. The van der Waals surface area contributed by atoms with Gasteiger partial charge in [-0.25, -0.2) is 4.57 Å². The number of carbonyl (C=O) groups is 2. The van der Waals surface area contributed by atoms with Gasteiger partial charge in [0.15, 0.2) is 6.10 Å². The van der Waals surface area contributed by atoms with Crippen LogP contribution in [0.5, 0.6) is 0 Å². The highest BCUT2D eigenvalue weighted by molar-refractivity contribution is 7.47. The topological polar surface area (TPSA) is 210 Å². The third-order valence-corrected chi connectivity index (χ3v) is 10.8. The maximum absolute atomic E-state index is 12.8. The molecule has 0 aromatic rings. The summed E-state index contributed by atoms with van der Waals surface area (Å²) in [5, 5.41) is 50.0. The van der Waals surface area contributed by atoms with E-state index in [-0.39, 0.29) is 12.8 Å². The van der Waals surface area contributed by atoms with E-state index >= 15 is 0 Å². The van der Waals surface area contributed by atoms with Crippen LogP contribution in [0.25, 0.3) is 0 Å². The van der Waals surface area contributed by atoms with Crippen LogP contribution >= 0.6 is 7.82 Å². The second-order valence-corrected chi connectivity index (χ2v) is 16.2. The highest BCUT2D eigenvalue weighted by Crippen LogP contribution is 2.47. The molecule has 55 heavy (non-hydrogen) atoms. The molecule has 322 valence electrons. The Labute approximate surface area is 330 Å². The Morgan fingerprint density at radius 3 is 1.42 bits per heavy atom. The molecule has 6 unspecified atom stereocenters. The fourth-order valence-corrected chi connectivity index (χ4v) is 7.25. The highest BCUT2D eigenvalue weighted by atomic mass is 31.2. The molecular formula is C41H75O13P. The molecule has 0 amide bonds. The summed E-state index contributed by atoms with van der Waals surface area (Å²) in [7, 11) is -5.11. The Kier molecular flexibility index (Phi) is 30.2. The van der Waals surface area contributed by atoms with Crippen molar-refractivity contribution in [2.45, 2.75) is 211 Å². The predicted molar refractivity (Wildman–Crippen MR) is 212 cm³/mol. The first-order chi connectivity index (χ1) is 26.4. The standard InChI is InChI=1S/C41H75O13P/c1-3-5-7-9-11-13-15-17-19-21-23-25-27-29-34(42)51-31-33(32-52-55(49,50)54-41-39(47)37(45)36(44)38(46)40(41)48)53-35(43)30-28-26-24-22-20-18-16-14-12-10-8-6-4-2/h13,15,18,20,33,36-41,44-48H,3-12,14,16-17,19,21-32H2,1-2H3,(H,49,50)/b15-13+,20-18+/t33-,36?,37-,38?,39?,40?,41?/m1/s1. The Morgan fingerprint density at radius 1 is 0.545 bits per heavy atom. The number of hydrogen-bond acceptors (Lipinski definition) is 12. The first-order valence-corrected chi connectivity index (χ1v) is 22.6. The molecule has 0 aromatic heterocycles. The molecule has 0 aliphatic heterocycles. The number of hydrogen-bond donors (Lipinski definition) is 6. The zero-order valence-corrected chi connectivity index (χ0v) is 34.6. The summed E-state index contributed by atoms with van der Waals surface area (Å²) in [5.41, 5.74) is 0. The van der Waals surface area contributed by atoms with Gasteiger partial charge in [-0.1, -0.05) is 115 Å². The van der Waals surface area contributed by atoms with Crippen LogP contribution in [0.3, 0.4) is 0 Å². The Bertz CT molecular complexity index is 1070. The maximum Gasteiger partial charge on any atom is 0.472 e. The van der Waals surface area contributed by atoms with Crippen molar-refractivity contribution in [3.05, 3.63) is 24.3 Å².